The van der Waals surface area contributed by atoms with Gasteiger partial charge in [-0.15, -0.1) is 11.3 Å². The Morgan fingerprint density at radius 3 is 2.76 bits per heavy atom. The van der Waals surface area contributed by atoms with Gasteiger partial charge in [-0.05, 0) is 17.7 Å². The summed E-state index contributed by atoms with van der Waals surface area (Å²) >= 11 is 1.36. The maximum absolute atomic E-state index is 12.8. The molecule has 25 heavy (non-hydrogen) atoms. The van der Waals surface area contributed by atoms with Crippen molar-refractivity contribution in [2.75, 3.05) is 12.4 Å². The molecule has 0 atom stereocenters. The zero-order valence-electron chi connectivity index (χ0n) is 13.4. The first-order valence-electron chi connectivity index (χ1n) is 7.63. The first-order chi connectivity index (χ1) is 12.3. The topological polar surface area (TPSA) is 64.4 Å². The fourth-order valence-corrected chi connectivity index (χ4v) is 3.22. The van der Waals surface area contributed by atoms with E-state index >= 15 is 0 Å². The number of rotatable bonds is 4. The first-order valence-corrected chi connectivity index (χ1v) is 8.51. The number of methoxy groups -OCH3 is 1. The van der Waals surface area contributed by atoms with Crippen LogP contribution in [0.3, 0.4) is 0 Å². The molecular weight excluding hydrogens is 336 g/mol. The summed E-state index contributed by atoms with van der Waals surface area (Å²) in [7, 11) is 1.60. The molecule has 2 aromatic heterocycles. The van der Waals surface area contributed by atoms with Gasteiger partial charge in [-0.2, -0.15) is 0 Å². The number of fused-ring (bicyclic) bond motifs is 1. The summed E-state index contributed by atoms with van der Waals surface area (Å²) in [4.78, 5) is 16.9. The predicted molar refractivity (Wildman–Crippen MR) is 98.3 cm³/mol. The van der Waals surface area contributed by atoms with Crippen molar-refractivity contribution >= 4 is 33.3 Å². The van der Waals surface area contributed by atoms with Crippen LogP contribution in [0.1, 0.15) is 10.6 Å². The number of carbonyl (C=O) groups excluding carboxylic acids is 1. The van der Waals surface area contributed by atoms with Crippen molar-refractivity contribution in [1.82, 2.24) is 4.98 Å². The molecule has 5 nitrogen and oxygen atoms in total. The summed E-state index contributed by atoms with van der Waals surface area (Å²) in [5, 5.41) is 5.97. The second-order valence-electron chi connectivity index (χ2n) is 5.33. The second-order valence-corrected chi connectivity index (χ2v) is 6.22. The predicted octanol–water partition coefficient (Wildman–Crippen LogP) is 4.82. The van der Waals surface area contributed by atoms with E-state index in [-0.39, 0.29) is 11.7 Å². The van der Waals surface area contributed by atoms with Crippen LogP contribution in [0.2, 0.25) is 0 Å². The lowest BCUT2D eigenvalue weighted by molar-refractivity contribution is 0.0999. The van der Waals surface area contributed by atoms with Gasteiger partial charge in [-0.25, -0.2) is 4.98 Å². The fraction of sp³-hybridized carbons (Fsp3) is 0.0526. The van der Waals surface area contributed by atoms with Crippen molar-refractivity contribution in [3.05, 3.63) is 65.9 Å². The van der Waals surface area contributed by atoms with Crippen LogP contribution in [-0.2, 0) is 0 Å². The highest BCUT2D eigenvalue weighted by atomic mass is 32.1. The van der Waals surface area contributed by atoms with E-state index in [1.807, 2.05) is 42.5 Å². The van der Waals surface area contributed by atoms with Crippen LogP contribution in [0.25, 0.3) is 22.1 Å². The molecule has 6 heteroatoms. The zero-order valence-corrected chi connectivity index (χ0v) is 14.2. The minimum Gasteiger partial charge on any atom is -0.497 e. The Labute approximate surface area is 147 Å². The molecule has 124 valence electrons. The first kappa shape index (κ1) is 15.4. The Kier molecular flexibility index (Phi) is 3.95. The van der Waals surface area contributed by atoms with Crippen LogP contribution in [-0.4, -0.2) is 18.0 Å². The van der Waals surface area contributed by atoms with E-state index < -0.39 is 0 Å². The highest BCUT2D eigenvalue weighted by molar-refractivity contribution is 7.13. The molecule has 0 aliphatic heterocycles. The van der Waals surface area contributed by atoms with Gasteiger partial charge in [-0.1, -0.05) is 30.3 Å². The van der Waals surface area contributed by atoms with Crippen molar-refractivity contribution in [3.63, 3.8) is 0 Å². The number of ether oxygens (including phenoxy) is 1. The molecule has 0 fully saturated rings. The normalized spacial score (nSPS) is 10.8. The van der Waals surface area contributed by atoms with Gasteiger partial charge in [0.05, 0.1) is 7.11 Å². The zero-order chi connectivity index (χ0) is 17.2. The van der Waals surface area contributed by atoms with E-state index in [2.05, 4.69) is 10.3 Å². The van der Waals surface area contributed by atoms with Gasteiger partial charge in [0, 0.05) is 28.6 Å². The molecule has 2 aromatic carbocycles. The third-order valence-corrected chi connectivity index (χ3v) is 4.51. The Bertz CT molecular complexity index is 1020. The van der Waals surface area contributed by atoms with Gasteiger partial charge in [-0.3, -0.25) is 10.1 Å². The van der Waals surface area contributed by atoms with E-state index in [9.17, 15) is 4.79 Å². The van der Waals surface area contributed by atoms with Crippen molar-refractivity contribution < 1.29 is 13.9 Å². The number of aromatic nitrogens is 1. The lowest BCUT2D eigenvalue weighted by Gasteiger charge is -2.03. The molecule has 0 aliphatic rings. The van der Waals surface area contributed by atoms with E-state index in [1.54, 1.807) is 24.8 Å². The Morgan fingerprint density at radius 2 is 2.04 bits per heavy atom. The Morgan fingerprint density at radius 1 is 1.20 bits per heavy atom. The van der Waals surface area contributed by atoms with E-state index in [0.29, 0.717) is 16.5 Å². The van der Waals surface area contributed by atoms with Gasteiger partial charge in [0.1, 0.15) is 11.3 Å². The number of nitrogens with one attached hydrogen (secondary N) is 1. The summed E-state index contributed by atoms with van der Waals surface area (Å²) in [6.45, 7) is 0. The van der Waals surface area contributed by atoms with Gasteiger partial charge in [0.2, 0.25) is 5.76 Å². The highest BCUT2D eigenvalue weighted by Gasteiger charge is 2.22. The largest absolute Gasteiger partial charge is 0.497 e. The number of anilines is 1. The standard InChI is InChI=1S/C19H14N2O3S/c1-23-13-7-8-14-15(11-13)24-17(16(14)12-5-3-2-4-6-12)18(22)21-19-20-9-10-25-19/h2-11H,1H3,(H,20,21,22). The molecule has 1 amide bonds. The number of benzene rings is 2. The fourth-order valence-electron chi connectivity index (χ4n) is 2.69. The molecule has 0 unspecified atom stereocenters. The quantitative estimate of drug-likeness (QED) is 0.573. The maximum atomic E-state index is 12.8. The number of furan rings is 1. The monoisotopic (exact) mass is 350 g/mol. The third-order valence-electron chi connectivity index (χ3n) is 3.82. The SMILES string of the molecule is COc1ccc2c(-c3ccccc3)c(C(=O)Nc3nccs3)oc2c1. The van der Waals surface area contributed by atoms with E-state index in [0.717, 1.165) is 16.5 Å². The number of hydrogen-bond acceptors (Lipinski definition) is 5. The molecule has 1 N–H and O–H groups in total. The minimum atomic E-state index is -0.330. The number of nitrogens with zero attached hydrogens (tertiary/aromatic N) is 1. The summed E-state index contributed by atoms with van der Waals surface area (Å²) in [6.07, 6.45) is 1.64. The number of hydrogen-bond donors (Lipinski definition) is 1. The summed E-state index contributed by atoms with van der Waals surface area (Å²) in [6, 6.07) is 15.2. The van der Waals surface area contributed by atoms with E-state index in [4.69, 9.17) is 9.15 Å². The van der Waals surface area contributed by atoms with Crippen LogP contribution in [0.4, 0.5) is 5.13 Å². The third kappa shape index (κ3) is 2.88. The minimum absolute atomic E-state index is 0.254. The molecule has 0 saturated carbocycles. The van der Waals surface area contributed by atoms with Crippen LogP contribution < -0.4 is 10.1 Å². The Hall–Kier alpha value is -3.12. The Balaban J connectivity index is 1.88. The van der Waals surface area contributed by atoms with Gasteiger partial charge < -0.3 is 9.15 Å². The summed E-state index contributed by atoms with van der Waals surface area (Å²) < 4.78 is 11.1. The number of amides is 1. The molecule has 0 radical (unpaired) electrons. The van der Waals surface area contributed by atoms with Crippen molar-refractivity contribution in [1.29, 1.82) is 0 Å². The van der Waals surface area contributed by atoms with Gasteiger partial charge >= 0.3 is 0 Å². The molecule has 0 spiro atoms. The average molecular weight is 350 g/mol. The van der Waals surface area contributed by atoms with Crippen LogP contribution in [0.15, 0.2) is 64.5 Å². The molecule has 4 aromatic rings. The smallest absolute Gasteiger partial charge is 0.293 e. The maximum Gasteiger partial charge on any atom is 0.293 e. The molecular formula is C19H14N2O3S. The summed E-state index contributed by atoms with van der Waals surface area (Å²) in [5.41, 5.74) is 2.27. The lowest BCUT2D eigenvalue weighted by atomic mass is 10.0. The highest BCUT2D eigenvalue weighted by Crippen LogP contribution is 2.37. The summed E-state index contributed by atoms with van der Waals surface area (Å²) in [5.74, 6) is 0.598. The van der Waals surface area contributed by atoms with Crippen LogP contribution in [0.5, 0.6) is 5.75 Å². The van der Waals surface area contributed by atoms with Crippen molar-refractivity contribution in [3.8, 4) is 16.9 Å². The van der Waals surface area contributed by atoms with E-state index in [1.165, 1.54) is 11.3 Å². The molecule has 4 rings (SSSR count). The van der Waals surface area contributed by atoms with Crippen LogP contribution >= 0.6 is 11.3 Å². The molecule has 0 aliphatic carbocycles. The molecule has 2 heterocycles. The van der Waals surface area contributed by atoms with Crippen LogP contribution in [0, 0.1) is 0 Å². The van der Waals surface area contributed by atoms with Gasteiger partial charge in [0.15, 0.2) is 5.13 Å². The average Bonchev–Trinajstić information content (AvgIpc) is 3.29. The molecule has 0 saturated heterocycles. The molecule has 0 bridgehead atoms. The lowest BCUT2D eigenvalue weighted by Crippen LogP contribution is -2.11. The number of carbonyl (C=O) groups is 1. The van der Waals surface area contributed by atoms with Crippen molar-refractivity contribution in [2.24, 2.45) is 0 Å². The van der Waals surface area contributed by atoms with Gasteiger partial charge in [0.25, 0.3) is 5.91 Å². The van der Waals surface area contributed by atoms with Crippen molar-refractivity contribution in [2.45, 2.75) is 0 Å². The second kappa shape index (κ2) is 6.41. The number of thiazole rings is 1.